The molecule has 1 aliphatic carbocycles. The number of sulfonamides is 1. The van der Waals surface area contributed by atoms with Gasteiger partial charge in [-0.3, -0.25) is 4.72 Å². The van der Waals surface area contributed by atoms with Gasteiger partial charge < -0.3 is 0 Å². The van der Waals surface area contributed by atoms with Crippen molar-refractivity contribution in [2.24, 2.45) is 0 Å². The second-order valence-corrected chi connectivity index (χ2v) is 7.15. The largest absolute Gasteiger partial charge is 0.267 e. The van der Waals surface area contributed by atoms with Gasteiger partial charge in [-0.25, -0.2) is 13.4 Å². The highest BCUT2D eigenvalue weighted by atomic mass is 79.9. The van der Waals surface area contributed by atoms with Crippen LogP contribution >= 0.6 is 15.9 Å². The minimum atomic E-state index is -3.28. The molecular weight excluding hydrogens is 304 g/mol. The number of rotatable bonds is 3. The van der Waals surface area contributed by atoms with E-state index in [0.29, 0.717) is 5.82 Å². The van der Waals surface area contributed by atoms with E-state index in [9.17, 15) is 8.42 Å². The van der Waals surface area contributed by atoms with Crippen molar-refractivity contribution in [3.05, 3.63) is 22.8 Å². The van der Waals surface area contributed by atoms with Crippen molar-refractivity contribution in [2.45, 2.75) is 37.4 Å². The molecule has 1 saturated carbocycles. The second-order valence-electron chi connectivity index (χ2n) is 4.27. The highest BCUT2D eigenvalue weighted by molar-refractivity contribution is 9.10. The maximum Gasteiger partial charge on any atom is 0.236 e. The van der Waals surface area contributed by atoms with E-state index in [1.165, 1.54) is 0 Å². The fourth-order valence-electron chi connectivity index (χ4n) is 2.04. The third-order valence-corrected chi connectivity index (χ3v) is 5.28. The molecule has 0 aromatic carbocycles. The molecule has 2 rings (SSSR count). The highest BCUT2D eigenvalue weighted by Gasteiger charge is 2.27. The lowest BCUT2D eigenvalue weighted by Gasteiger charge is -2.22. The monoisotopic (exact) mass is 318 g/mol. The summed E-state index contributed by atoms with van der Waals surface area (Å²) in [4.78, 5) is 4.02. The Morgan fingerprint density at radius 1 is 1.24 bits per heavy atom. The van der Waals surface area contributed by atoms with E-state index in [1.807, 2.05) is 0 Å². The summed E-state index contributed by atoms with van der Waals surface area (Å²) >= 11 is 3.26. The molecule has 17 heavy (non-hydrogen) atoms. The van der Waals surface area contributed by atoms with E-state index in [4.69, 9.17) is 0 Å². The molecule has 1 heterocycles. The normalized spacial score (nSPS) is 17.9. The van der Waals surface area contributed by atoms with E-state index in [1.54, 1.807) is 18.3 Å². The van der Waals surface area contributed by atoms with Crippen LogP contribution in [0.2, 0.25) is 0 Å². The van der Waals surface area contributed by atoms with Gasteiger partial charge in [-0.2, -0.15) is 0 Å². The summed E-state index contributed by atoms with van der Waals surface area (Å²) in [6, 6.07) is 3.43. The molecule has 0 saturated heterocycles. The van der Waals surface area contributed by atoms with Crippen molar-refractivity contribution < 1.29 is 8.42 Å². The quantitative estimate of drug-likeness (QED) is 0.932. The van der Waals surface area contributed by atoms with Crippen molar-refractivity contribution >= 4 is 31.8 Å². The van der Waals surface area contributed by atoms with Crippen LogP contribution < -0.4 is 4.72 Å². The molecule has 1 N–H and O–H groups in total. The molecule has 1 aliphatic rings. The molecule has 0 aliphatic heterocycles. The lowest BCUT2D eigenvalue weighted by atomic mass is 10.0. The summed E-state index contributed by atoms with van der Waals surface area (Å²) < 4.78 is 27.5. The molecule has 94 valence electrons. The first-order valence-corrected chi connectivity index (χ1v) is 8.05. The number of hydrogen-bond acceptors (Lipinski definition) is 3. The number of nitrogens with zero attached hydrogens (tertiary/aromatic N) is 1. The van der Waals surface area contributed by atoms with E-state index in [2.05, 4.69) is 25.6 Å². The Balaban J connectivity index is 2.08. The average Bonchev–Trinajstić information content (AvgIpc) is 2.33. The number of aromatic nitrogens is 1. The molecular formula is C11H15BrN2O2S. The molecule has 0 atom stereocenters. The van der Waals surface area contributed by atoms with Gasteiger partial charge in [-0.05, 0) is 40.9 Å². The molecule has 4 nitrogen and oxygen atoms in total. The Labute approximate surface area is 110 Å². The van der Waals surface area contributed by atoms with Gasteiger partial charge in [0.1, 0.15) is 5.82 Å². The Morgan fingerprint density at radius 2 is 1.94 bits per heavy atom. The number of halogens is 1. The number of anilines is 1. The molecule has 1 aromatic rings. The lowest BCUT2D eigenvalue weighted by Crippen LogP contribution is -2.29. The molecule has 0 spiro atoms. The first-order valence-electron chi connectivity index (χ1n) is 5.71. The van der Waals surface area contributed by atoms with Gasteiger partial charge in [0.05, 0.1) is 5.25 Å². The van der Waals surface area contributed by atoms with Gasteiger partial charge in [0.15, 0.2) is 0 Å². The highest BCUT2D eigenvalue weighted by Crippen LogP contribution is 2.24. The van der Waals surface area contributed by atoms with Crippen LogP contribution in [0.4, 0.5) is 5.82 Å². The summed E-state index contributed by atoms with van der Waals surface area (Å²) in [5.74, 6) is 0.388. The lowest BCUT2D eigenvalue weighted by molar-refractivity contribution is 0.486. The van der Waals surface area contributed by atoms with E-state index in [-0.39, 0.29) is 5.25 Å². The number of nitrogens with one attached hydrogen (secondary N) is 1. The van der Waals surface area contributed by atoms with Gasteiger partial charge in [0.25, 0.3) is 0 Å². The van der Waals surface area contributed by atoms with Crippen LogP contribution in [0.1, 0.15) is 32.1 Å². The topological polar surface area (TPSA) is 59.1 Å². The number of pyridine rings is 1. The van der Waals surface area contributed by atoms with Crippen LogP contribution in [0, 0.1) is 0 Å². The molecule has 6 heteroatoms. The van der Waals surface area contributed by atoms with Gasteiger partial charge in [0, 0.05) is 10.7 Å². The third-order valence-electron chi connectivity index (χ3n) is 2.97. The Morgan fingerprint density at radius 3 is 2.53 bits per heavy atom. The van der Waals surface area contributed by atoms with Crippen LogP contribution in [0.15, 0.2) is 22.8 Å². The smallest absolute Gasteiger partial charge is 0.236 e. The maximum atomic E-state index is 12.1. The zero-order valence-corrected chi connectivity index (χ0v) is 11.8. The minimum Gasteiger partial charge on any atom is -0.267 e. The summed E-state index contributed by atoms with van der Waals surface area (Å²) in [5, 5.41) is -0.262. The first-order chi connectivity index (χ1) is 8.08. The third kappa shape index (κ3) is 3.42. The van der Waals surface area contributed by atoms with Crippen LogP contribution in [0.3, 0.4) is 0 Å². The molecule has 1 aromatic heterocycles. The molecule has 0 radical (unpaired) electrons. The summed E-state index contributed by atoms with van der Waals surface area (Å²) in [5.41, 5.74) is 0. The predicted molar refractivity (Wildman–Crippen MR) is 71.4 cm³/mol. The second kappa shape index (κ2) is 5.35. The van der Waals surface area contributed by atoms with Crippen LogP contribution in [0.5, 0.6) is 0 Å². The van der Waals surface area contributed by atoms with Crippen LogP contribution in [0.25, 0.3) is 0 Å². The van der Waals surface area contributed by atoms with Crippen molar-refractivity contribution in [1.29, 1.82) is 0 Å². The van der Waals surface area contributed by atoms with Crippen molar-refractivity contribution in [2.75, 3.05) is 4.72 Å². The number of hydrogen-bond donors (Lipinski definition) is 1. The van der Waals surface area contributed by atoms with E-state index < -0.39 is 10.0 Å². The van der Waals surface area contributed by atoms with Crippen LogP contribution in [-0.2, 0) is 10.0 Å². The minimum absolute atomic E-state index is 0.262. The molecule has 1 fully saturated rings. The Hall–Kier alpha value is -0.620. The zero-order valence-electron chi connectivity index (χ0n) is 9.39. The fraction of sp³-hybridized carbons (Fsp3) is 0.545. The summed E-state index contributed by atoms with van der Waals surface area (Å²) in [7, 11) is -3.28. The van der Waals surface area contributed by atoms with Gasteiger partial charge in [-0.15, -0.1) is 0 Å². The average molecular weight is 319 g/mol. The SMILES string of the molecule is O=S(=O)(Nc1ccc(Br)cn1)C1CCCCC1. The van der Waals surface area contributed by atoms with Crippen LogP contribution in [-0.4, -0.2) is 18.7 Å². The van der Waals surface area contributed by atoms with Crippen molar-refractivity contribution in [1.82, 2.24) is 4.98 Å². The molecule has 0 amide bonds. The predicted octanol–water partition coefficient (Wildman–Crippen LogP) is 2.92. The van der Waals surface area contributed by atoms with E-state index in [0.717, 1.165) is 36.6 Å². The molecule has 0 bridgehead atoms. The van der Waals surface area contributed by atoms with Crippen molar-refractivity contribution in [3.63, 3.8) is 0 Å². The standard InChI is InChI=1S/C11H15BrN2O2S/c12-9-6-7-11(13-8-9)14-17(15,16)10-4-2-1-3-5-10/h6-8,10H,1-5H2,(H,13,14). The fourth-order valence-corrected chi connectivity index (χ4v) is 3.81. The first kappa shape index (κ1) is 12.8. The molecule has 0 unspecified atom stereocenters. The van der Waals surface area contributed by atoms with Gasteiger partial charge in [-0.1, -0.05) is 19.3 Å². The zero-order chi connectivity index (χ0) is 12.3. The van der Waals surface area contributed by atoms with E-state index >= 15 is 0 Å². The maximum absolute atomic E-state index is 12.1. The van der Waals surface area contributed by atoms with Gasteiger partial charge in [0.2, 0.25) is 10.0 Å². The summed E-state index contributed by atoms with van der Waals surface area (Å²) in [6.07, 6.45) is 6.23. The Kier molecular flexibility index (Phi) is 4.04. The van der Waals surface area contributed by atoms with Crippen molar-refractivity contribution in [3.8, 4) is 0 Å². The van der Waals surface area contributed by atoms with Gasteiger partial charge >= 0.3 is 0 Å². The summed E-state index contributed by atoms with van der Waals surface area (Å²) in [6.45, 7) is 0. The Bertz CT molecular complexity index is 467.